The van der Waals surface area contributed by atoms with Crippen molar-refractivity contribution >= 4 is 40.0 Å². The first-order valence-electron chi connectivity index (χ1n) is 5.15. The van der Waals surface area contributed by atoms with Crippen LogP contribution in [0.4, 0.5) is 0 Å². The number of hydrogen-bond donors (Lipinski definition) is 0. The summed E-state index contributed by atoms with van der Waals surface area (Å²) in [6, 6.07) is 0. The number of hydrogen-bond acceptors (Lipinski definition) is 0. The average Bonchev–Trinajstić information content (AvgIpc) is 2.13. The van der Waals surface area contributed by atoms with Crippen molar-refractivity contribution in [3.8, 4) is 0 Å². The molecule has 0 saturated heterocycles. The van der Waals surface area contributed by atoms with Gasteiger partial charge in [-0.15, -0.1) is 0 Å². The second kappa shape index (κ2) is 14.8. The van der Waals surface area contributed by atoms with Gasteiger partial charge >= 0.3 is 49.4 Å². The SMILES string of the molecule is CCCCCCC(C)=C(C)C.[I][V][I]. The van der Waals surface area contributed by atoms with Crippen LogP contribution in [-0.4, -0.2) is 0 Å². The van der Waals surface area contributed by atoms with Crippen LogP contribution in [0.2, 0.25) is 0 Å². The zero-order valence-electron chi connectivity index (χ0n) is 9.74. The topological polar surface area (TPSA) is 0 Å². The third-order valence-corrected chi connectivity index (χ3v) is 2.26. The zero-order chi connectivity index (χ0) is 11.4. The molecule has 3 heteroatoms. The second-order valence-electron chi connectivity index (χ2n) is 3.65. The third kappa shape index (κ3) is 16.2. The molecule has 85 valence electrons. The molecule has 0 rings (SSSR count). The minimum absolute atomic E-state index is 0.628. The summed E-state index contributed by atoms with van der Waals surface area (Å²) < 4.78 is 0. The van der Waals surface area contributed by atoms with Crippen LogP contribution in [0.25, 0.3) is 0 Å². The Hall–Kier alpha value is 1.78. The molecule has 0 radical (unpaired) electrons. The number of halogens is 2. The Labute approximate surface area is 119 Å². The average molecular weight is 459 g/mol. The van der Waals surface area contributed by atoms with Gasteiger partial charge in [0.25, 0.3) is 0 Å². The van der Waals surface area contributed by atoms with Gasteiger partial charge in [-0.25, -0.2) is 0 Å². The number of unbranched alkanes of at least 4 members (excludes halogenated alkanes) is 3. The van der Waals surface area contributed by atoms with Crippen molar-refractivity contribution in [3.05, 3.63) is 11.1 Å². The molecule has 0 aromatic carbocycles. The summed E-state index contributed by atoms with van der Waals surface area (Å²) in [6.07, 6.45) is 6.83. The van der Waals surface area contributed by atoms with Gasteiger partial charge in [0.1, 0.15) is 0 Å². The fourth-order valence-corrected chi connectivity index (χ4v) is 1.07. The van der Waals surface area contributed by atoms with E-state index in [2.05, 4.69) is 67.7 Å². The molecule has 0 aromatic rings. The van der Waals surface area contributed by atoms with Crippen molar-refractivity contribution in [1.82, 2.24) is 0 Å². The molecule has 0 aliphatic rings. The molecule has 0 aliphatic heterocycles. The first-order chi connectivity index (χ1) is 6.59. The van der Waals surface area contributed by atoms with Gasteiger partial charge in [0.05, 0.1) is 0 Å². The Morgan fingerprint density at radius 1 is 1.00 bits per heavy atom. The van der Waals surface area contributed by atoms with Crippen LogP contribution in [0.3, 0.4) is 0 Å². The van der Waals surface area contributed by atoms with E-state index in [-0.39, 0.29) is 0 Å². The number of rotatable bonds is 5. The summed E-state index contributed by atoms with van der Waals surface area (Å²) in [5.74, 6) is 0. The molecule has 0 nitrogen and oxygen atoms in total. The quantitative estimate of drug-likeness (QED) is 0.266. The van der Waals surface area contributed by atoms with Gasteiger partial charge in [-0.3, -0.25) is 0 Å². The van der Waals surface area contributed by atoms with E-state index in [1.807, 2.05) is 0 Å². The fourth-order valence-electron chi connectivity index (χ4n) is 1.07. The van der Waals surface area contributed by atoms with Gasteiger partial charge in [-0.05, 0) is 33.6 Å². The van der Waals surface area contributed by atoms with Gasteiger partial charge in [0.15, 0.2) is 0 Å². The summed E-state index contributed by atoms with van der Waals surface area (Å²) in [6.45, 7) is 8.92. The van der Waals surface area contributed by atoms with Crippen molar-refractivity contribution in [2.75, 3.05) is 0 Å². The van der Waals surface area contributed by atoms with Crippen LogP contribution < -0.4 is 0 Å². The van der Waals surface area contributed by atoms with Crippen LogP contribution in [0.5, 0.6) is 0 Å². The van der Waals surface area contributed by atoms with Crippen LogP contribution in [0.1, 0.15) is 59.8 Å². The molecule has 0 unspecified atom stereocenters. The molecule has 0 amide bonds. The van der Waals surface area contributed by atoms with Crippen molar-refractivity contribution in [1.29, 1.82) is 0 Å². The van der Waals surface area contributed by atoms with Crippen LogP contribution in [0.15, 0.2) is 11.1 Å². The van der Waals surface area contributed by atoms with E-state index in [1.54, 1.807) is 5.57 Å². The Kier molecular flexibility index (Phi) is 19.2. The van der Waals surface area contributed by atoms with Crippen LogP contribution >= 0.6 is 40.0 Å². The molecule has 0 spiro atoms. The van der Waals surface area contributed by atoms with Gasteiger partial charge in [-0.2, -0.15) is 0 Å². The predicted octanol–water partition coefficient (Wildman–Crippen LogP) is 6.08. The van der Waals surface area contributed by atoms with Gasteiger partial charge in [-0.1, -0.05) is 37.3 Å². The zero-order valence-corrected chi connectivity index (χ0v) is 15.5. The second-order valence-corrected chi connectivity index (χ2v) is 15.4. The summed E-state index contributed by atoms with van der Waals surface area (Å²) >= 11 is 4.74. The van der Waals surface area contributed by atoms with E-state index in [1.165, 1.54) is 37.7 Å². The maximum atomic E-state index is 2.37. The summed E-state index contributed by atoms with van der Waals surface area (Å²) in [5.41, 5.74) is 3.09. The minimum atomic E-state index is 0.628. The summed E-state index contributed by atoms with van der Waals surface area (Å²) in [5, 5.41) is 0. The Morgan fingerprint density at radius 2 is 1.50 bits per heavy atom. The molecule has 0 bridgehead atoms. The standard InChI is InChI=1S/C11H22.2HI.V/c1-5-6-7-8-9-11(4)10(2)3;;;/h5-9H2,1-4H3;2*1H;/q;;;+2/p-2. The number of allylic oxidation sites excluding steroid dienone is 2. The van der Waals surface area contributed by atoms with Crippen molar-refractivity contribution < 1.29 is 9.47 Å². The molecule has 0 fully saturated rings. The molecular formula is C11H22I2V. The molecule has 0 aromatic heterocycles. The molecule has 0 N–H and O–H groups in total. The molecule has 0 saturated carbocycles. The Morgan fingerprint density at radius 3 is 1.86 bits per heavy atom. The fraction of sp³-hybridized carbons (Fsp3) is 0.818. The van der Waals surface area contributed by atoms with Crippen molar-refractivity contribution in [2.24, 2.45) is 0 Å². The van der Waals surface area contributed by atoms with Gasteiger partial charge in [0, 0.05) is 0 Å². The van der Waals surface area contributed by atoms with E-state index in [0.717, 1.165) is 0 Å². The monoisotopic (exact) mass is 459 g/mol. The normalized spacial score (nSPS) is 8.71. The molecule has 14 heavy (non-hydrogen) atoms. The van der Waals surface area contributed by atoms with Crippen molar-refractivity contribution in [2.45, 2.75) is 59.8 Å². The first-order valence-corrected chi connectivity index (χ1v) is 14.2. The maximum absolute atomic E-state index is 2.37. The van der Waals surface area contributed by atoms with Gasteiger partial charge in [0.2, 0.25) is 0 Å². The first kappa shape index (κ1) is 18.2. The Bertz CT molecular complexity index is 140. The Balaban J connectivity index is 0. The molecule has 0 atom stereocenters. The van der Waals surface area contributed by atoms with Gasteiger partial charge < -0.3 is 0 Å². The van der Waals surface area contributed by atoms with Crippen LogP contribution in [-0.2, 0) is 9.47 Å². The van der Waals surface area contributed by atoms with E-state index in [4.69, 9.17) is 0 Å². The van der Waals surface area contributed by atoms with E-state index in [0.29, 0.717) is 9.47 Å². The summed E-state index contributed by atoms with van der Waals surface area (Å²) in [4.78, 5) is 0. The van der Waals surface area contributed by atoms with E-state index in [9.17, 15) is 0 Å². The summed E-state index contributed by atoms with van der Waals surface area (Å²) in [7, 11) is 0.628. The predicted molar refractivity (Wildman–Crippen MR) is 80.8 cm³/mol. The van der Waals surface area contributed by atoms with E-state index >= 15 is 0 Å². The van der Waals surface area contributed by atoms with E-state index < -0.39 is 0 Å². The molecule has 0 heterocycles. The molecular weight excluding hydrogens is 437 g/mol. The molecule has 0 aliphatic carbocycles. The van der Waals surface area contributed by atoms with Crippen LogP contribution in [0, 0.1) is 0 Å². The van der Waals surface area contributed by atoms with Crippen molar-refractivity contribution in [3.63, 3.8) is 0 Å². The third-order valence-electron chi connectivity index (χ3n) is 2.26.